The molecule has 0 aliphatic carbocycles. The average Bonchev–Trinajstić information content (AvgIpc) is 2.48. The largest absolute Gasteiger partial charge is 0.330 e. The Kier molecular flexibility index (Phi) is 6.78. The summed E-state index contributed by atoms with van der Waals surface area (Å²) < 4.78 is 0. The van der Waals surface area contributed by atoms with Crippen LogP contribution >= 0.6 is 0 Å². The summed E-state index contributed by atoms with van der Waals surface area (Å²) in [6, 6.07) is 0.710. The fourth-order valence-electron chi connectivity index (χ4n) is 3.34. The van der Waals surface area contributed by atoms with E-state index in [9.17, 15) is 0 Å². The standard InChI is InChI=1S/C16H35N3/c1-6-15-13-18(5)8-7-9-19(15)12-14(11-17)10-16(2,3)4/h14-15H,6-13,17H2,1-5H3. The van der Waals surface area contributed by atoms with Gasteiger partial charge in [-0.2, -0.15) is 0 Å². The zero-order valence-corrected chi connectivity index (χ0v) is 13.8. The van der Waals surface area contributed by atoms with Crippen LogP contribution in [0.5, 0.6) is 0 Å². The maximum Gasteiger partial charge on any atom is 0.0220 e. The second-order valence-electron chi connectivity index (χ2n) is 7.54. The van der Waals surface area contributed by atoms with E-state index in [1.807, 2.05) is 0 Å². The Balaban J connectivity index is 2.60. The van der Waals surface area contributed by atoms with E-state index in [1.54, 1.807) is 0 Å². The molecule has 2 atom stereocenters. The molecule has 114 valence electrons. The summed E-state index contributed by atoms with van der Waals surface area (Å²) in [5.41, 5.74) is 6.40. The van der Waals surface area contributed by atoms with E-state index in [-0.39, 0.29) is 0 Å². The van der Waals surface area contributed by atoms with Crippen LogP contribution in [0.25, 0.3) is 0 Å². The van der Waals surface area contributed by atoms with Gasteiger partial charge in [0.15, 0.2) is 0 Å². The molecule has 19 heavy (non-hydrogen) atoms. The fraction of sp³-hybridized carbons (Fsp3) is 1.00. The van der Waals surface area contributed by atoms with Gasteiger partial charge in [0.2, 0.25) is 0 Å². The average molecular weight is 269 g/mol. The highest BCUT2D eigenvalue weighted by Gasteiger charge is 2.26. The lowest BCUT2D eigenvalue weighted by molar-refractivity contribution is 0.141. The first kappa shape index (κ1) is 16.9. The van der Waals surface area contributed by atoms with E-state index in [4.69, 9.17) is 5.73 Å². The van der Waals surface area contributed by atoms with Crippen molar-refractivity contribution in [2.24, 2.45) is 17.1 Å². The van der Waals surface area contributed by atoms with E-state index < -0.39 is 0 Å². The zero-order valence-electron chi connectivity index (χ0n) is 13.8. The maximum atomic E-state index is 6.01. The first-order valence-corrected chi connectivity index (χ1v) is 7.98. The quantitative estimate of drug-likeness (QED) is 0.832. The molecule has 0 aromatic carbocycles. The molecular formula is C16H35N3. The molecule has 2 unspecified atom stereocenters. The molecular weight excluding hydrogens is 234 g/mol. The van der Waals surface area contributed by atoms with Crippen molar-refractivity contribution in [3.05, 3.63) is 0 Å². The topological polar surface area (TPSA) is 32.5 Å². The third kappa shape index (κ3) is 6.24. The molecule has 0 aromatic heterocycles. The van der Waals surface area contributed by atoms with Crippen LogP contribution in [0.4, 0.5) is 0 Å². The molecule has 1 fully saturated rings. The van der Waals surface area contributed by atoms with Gasteiger partial charge in [-0.3, -0.25) is 4.90 Å². The van der Waals surface area contributed by atoms with Crippen LogP contribution in [0.15, 0.2) is 0 Å². The van der Waals surface area contributed by atoms with Gasteiger partial charge in [0, 0.05) is 19.1 Å². The molecule has 0 bridgehead atoms. The molecule has 1 aliphatic heterocycles. The van der Waals surface area contributed by atoms with Crippen LogP contribution in [0.1, 0.15) is 47.0 Å². The Hall–Kier alpha value is -0.120. The van der Waals surface area contributed by atoms with Crippen LogP contribution < -0.4 is 5.73 Å². The minimum absolute atomic E-state index is 0.383. The summed E-state index contributed by atoms with van der Waals surface area (Å²) in [5.74, 6) is 0.637. The van der Waals surface area contributed by atoms with Crippen LogP contribution in [0, 0.1) is 11.3 Å². The smallest absolute Gasteiger partial charge is 0.0220 e. The first-order valence-electron chi connectivity index (χ1n) is 7.98. The van der Waals surface area contributed by atoms with Gasteiger partial charge >= 0.3 is 0 Å². The van der Waals surface area contributed by atoms with Gasteiger partial charge in [-0.05, 0) is 57.3 Å². The Morgan fingerprint density at radius 2 is 1.95 bits per heavy atom. The summed E-state index contributed by atoms with van der Waals surface area (Å²) in [6.07, 6.45) is 3.77. The minimum atomic E-state index is 0.383. The SMILES string of the molecule is CCC1CN(C)CCCN1CC(CN)CC(C)(C)C. The number of likely N-dealkylation sites (N-methyl/N-ethyl adjacent to an activating group) is 1. The number of rotatable bonds is 5. The predicted octanol–water partition coefficient (Wildman–Crippen LogP) is 2.41. The summed E-state index contributed by atoms with van der Waals surface area (Å²) >= 11 is 0. The van der Waals surface area contributed by atoms with Crippen LogP contribution in [-0.4, -0.2) is 55.6 Å². The molecule has 0 radical (unpaired) electrons. The van der Waals surface area contributed by atoms with E-state index in [0.29, 0.717) is 17.4 Å². The lowest BCUT2D eigenvalue weighted by atomic mass is 9.84. The van der Waals surface area contributed by atoms with Crippen molar-refractivity contribution >= 4 is 0 Å². The summed E-state index contributed by atoms with van der Waals surface area (Å²) in [4.78, 5) is 5.18. The first-order chi connectivity index (χ1) is 8.85. The molecule has 1 saturated heterocycles. The van der Waals surface area contributed by atoms with Gasteiger partial charge in [0.25, 0.3) is 0 Å². The van der Waals surface area contributed by atoms with E-state index >= 15 is 0 Å². The van der Waals surface area contributed by atoms with Crippen molar-refractivity contribution in [3.8, 4) is 0 Å². The van der Waals surface area contributed by atoms with Crippen LogP contribution in [0.3, 0.4) is 0 Å². The Labute approximate surface area is 120 Å². The molecule has 1 aliphatic rings. The van der Waals surface area contributed by atoms with Crippen LogP contribution in [-0.2, 0) is 0 Å². The molecule has 0 amide bonds. The lowest BCUT2D eigenvalue weighted by Crippen LogP contribution is -2.44. The monoisotopic (exact) mass is 269 g/mol. The van der Waals surface area contributed by atoms with Crippen molar-refractivity contribution in [3.63, 3.8) is 0 Å². The Bertz CT molecular complexity index is 247. The Morgan fingerprint density at radius 3 is 2.47 bits per heavy atom. The van der Waals surface area contributed by atoms with E-state index in [1.165, 1.54) is 45.4 Å². The molecule has 3 heteroatoms. The third-order valence-corrected chi connectivity index (χ3v) is 4.22. The molecule has 0 aromatic rings. The third-order valence-electron chi connectivity index (χ3n) is 4.22. The molecule has 0 saturated carbocycles. The number of nitrogens with zero attached hydrogens (tertiary/aromatic N) is 2. The highest BCUT2D eigenvalue weighted by molar-refractivity contribution is 4.81. The molecule has 0 spiro atoms. The van der Waals surface area contributed by atoms with Crippen molar-refractivity contribution in [1.82, 2.24) is 9.80 Å². The molecule has 3 nitrogen and oxygen atoms in total. The Morgan fingerprint density at radius 1 is 1.26 bits per heavy atom. The van der Waals surface area contributed by atoms with Crippen LogP contribution in [0.2, 0.25) is 0 Å². The normalized spacial score (nSPS) is 25.3. The fourth-order valence-corrected chi connectivity index (χ4v) is 3.34. The minimum Gasteiger partial charge on any atom is -0.330 e. The number of hydrogen-bond acceptors (Lipinski definition) is 3. The highest BCUT2D eigenvalue weighted by atomic mass is 15.2. The molecule has 1 rings (SSSR count). The van der Waals surface area contributed by atoms with Gasteiger partial charge in [-0.15, -0.1) is 0 Å². The van der Waals surface area contributed by atoms with Crippen molar-refractivity contribution in [2.45, 2.75) is 53.0 Å². The van der Waals surface area contributed by atoms with Gasteiger partial charge in [0.1, 0.15) is 0 Å². The zero-order chi connectivity index (χ0) is 14.5. The maximum absolute atomic E-state index is 6.01. The van der Waals surface area contributed by atoms with E-state index in [2.05, 4.69) is 44.5 Å². The van der Waals surface area contributed by atoms with Crippen molar-refractivity contribution < 1.29 is 0 Å². The number of nitrogens with two attached hydrogens (primary N) is 1. The van der Waals surface area contributed by atoms with E-state index in [0.717, 1.165) is 6.54 Å². The second kappa shape index (κ2) is 7.61. The number of hydrogen-bond donors (Lipinski definition) is 1. The molecule has 2 N–H and O–H groups in total. The van der Waals surface area contributed by atoms with Crippen molar-refractivity contribution in [1.29, 1.82) is 0 Å². The van der Waals surface area contributed by atoms with Gasteiger partial charge in [-0.1, -0.05) is 27.7 Å². The van der Waals surface area contributed by atoms with Gasteiger partial charge in [-0.25, -0.2) is 0 Å². The predicted molar refractivity (Wildman–Crippen MR) is 84.4 cm³/mol. The second-order valence-corrected chi connectivity index (χ2v) is 7.54. The summed E-state index contributed by atoms with van der Waals surface area (Å²) in [6.45, 7) is 15.0. The van der Waals surface area contributed by atoms with Gasteiger partial charge < -0.3 is 10.6 Å². The molecule has 1 heterocycles. The summed E-state index contributed by atoms with van der Waals surface area (Å²) in [5, 5.41) is 0. The van der Waals surface area contributed by atoms with Crippen molar-refractivity contribution in [2.75, 3.05) is 39.8 Å². The van der Waals surface area contributed by atoms with Gasteiger partial charge in [0.05, 0.1) is 0 Å². The highest BCUT2D eigenvalue weighted by Crippen LogP contribution is 2.25. The lowest BCUT2D eigenvalue weighted by Gasteiger charge is -2.35. The summed E-state index contributed by atoms with van der Waals surface area (Å²) in [7, 11) is 2.25.